The summed E-state index contributed by atoms with van der Waals surface area (Å²) in [5.74, 6) is -0.214. The Hall–Kier alpha value is -4.20. The largest absolute Gasteiger partial charge is 0.472 e. The first-order valence-electron chi connectivity index (χ1n) is 8.36. The minimum absolute atomic E-state index is 0.0295. The minimum Gasteiger partial charge on any atom is -0.472 e. The van der Waals surface area contributed by atoms with Gasteiger partial charge in [-0.15, -0.1) is 0 Å². The van der Waals surface area contributed by atoms with Crippen LogP contribution in [0.1, 0.15) is 10.4 Å². The third-order valence-corrected chi connectivity index (χ3v) is 4.11. The molecule has 1 N–H and O–H groups in total. The van der Waals surface area contributed by atoms with Crippen molar-refractivity contribution in [2.24, 2.45) is 0 Å². The highest BCUT2D eigenvalue weighted by Gasteiger charge is 2.21. The highest BCUT2D eigenvalue weighted by molar-refractivity contribution is 6.07. The Morgan fingerprint density at radius 1 is 1.07 bits per heavy atom. The Morgan fingerprint density at radius 3 is 2.54 bits per heavy atom. The molecule has 4 aromatic rings. The lowest BCUT2D eigenvalue weighted by Crippen LogP contribution is -2.16. The molecule has 0 aliphatic heterocycles. The van der Waals surface area contributed by atoms with Crippen molar-refractivity contribution in [3.63, 3.8) is 0 Å². The van der Waals surface area contributed by atoms with Crippen LogP contribution in [-0.4, -0.2) is 20.6 Å². The molecular weight excluding hydrogens is 360 g/mol. The Labute approximate surface area is 159 Å². The number of nitro groups is 1. The van der Waals surface area contributed by atoms with E-state index < -0.39 is 10.8 Å². The summed E-state index contributed by atoms with van der Waals surface area (Å²) in [5, 5.41) is 18.5. The minimum atomic E-state index is -0.594. The highest BCUT2D eigenvalue weighted by Crippen LogP contribution is 2.26. The van der Waals surface area contributed by atoms with Gasteiger partial charge in [0, 0.05) is 17.7 Å². The summed E-state index contributed by atoms with van der Waals surface area (Å²) in [7, 11) is 0. The average Bonchev–Trinajstić information content (AvgIpc) is 3.38. The van der Waals surface area contributed by atoms with E-state index in [-0.39, 0.29) is 11.3 Å². The quantitative estimate of drug-likeness (QED) is 0.414. The van der Waals surface area contributed by atoms with Crippen LogP contribution >= 0.6 is 0 Å². The van der Waals surface area contributed by atoms with Gasteiger partial charge in [0.05, 0.1) is 28.8 Å². The summed E-state index contributed by atoms with van der Waals surface area (Å²) < 4.78 is 6.67. The standard InChI is InChI=1S/C20H14N4O4/c25-20(16-8-4-5-9-18(16)24(26)27)21-19-12-17(14-10-11-28-13-14)22-23(19)15-6-2-1-3-7-15/h1-13H,(H,21,25). The Kier molecular flexibility index (Phi) is 4.43. The molecule has 1 amide bonds. The van der Waals surface area contributed by atoms with Crippen molar-refractivity contribution in [2.45, 2.75) is 0 Å². The molecule has 0 saturated carbocycles. The van der Waals surface area contributed by atoms with Crippen LogP contribution in [0.3, 0.4) is 0 Å². The van der Waals surface area contributed by atoms with Gasteiger partial charge in [0.25, 0.3) is 11.6 Å². The zero-order chi connectivity index (χ0) is 19.5. The molecule has 0 saturated heterocycles. The topological polar surface area (TPSA) is 103 Å². The molecule has 2 aromatic heterocycles. The van der Waals surface area contributed by atoms with E-state index in [1.54, 1.807) is 29.1 Å². The number of nitrogens with zero attached hydrogens (tertiary/aromatic N) is 3. The van der Waals surface area contributed by atoms with E-state index in [9.17, 15) is 14.9 Å². The lowest BCUT2D eigenvalue weighted by Gasteiger charge is -2.09. The Bertz CT molecular complexity index is 1130. The van der Waals surface area contributed by atoms with E-state index in [4.69, 9.17) is 4.42 Å². The number of nitro benzene ring substituents is 1. The second-order valence-electron chi connectivity index (χ2n) is 5.90. The van der Waals surface area contributed by atoms with E-state index in [1.165, 1.54) is 24.5 Å². The van der Waals surface area contributed by atoms with Gasteiger partial charge in [-0.25, -0.2) is 4.68 Å². The number of carbonyl (C=O) groups excluding carboxylic acids is 1. The Morgan fingerprint density at radius 2 is 1.82 bits per heavy atom. The van der Waals surface area contributed by atoms with Crippen LogP contribution in [0.15, 0.2) is 83.7 Å². The lowest BCUT2D eigenvalue weighted by atomic mass is 10.1. The normalized spacial score (nSPS) is 10.6. The Balaban J connectivity index is 1.75. The number of carbonyl (C=O) groups is 1. The van der Waals surface area contributed by atoms with Crippen LogP contribution in [0.25, 0.3) is 16.9 Å². The molecule has 28 heavy (non-hydrogen) atoms. The predicted molar refractivity (Wildman–Crippen MR) is 102 cm³/mol. The van der Waals surface area contributed by atoms with E-state index in [0.29, 0.717) is 11.5 Å². The molecule has 4 rings (SSSR count). The molecule has 0 unspecified atom stereocenters. The van der Waals surface area contributed by atoms with Gasteiger partial charge < -0.3 is 9.73 Å². The fraction of sp³-hybridized carbons (Fsp3) is 0. The number of aromatic nitrogens is 2. The number of hydrogen-bond acceptors (Lipinski definition) is 5. The van der Waals surface area contributed by atoms with Crippen LogP contribution in [0.5, 0.6) is 0 Å². The number of benzene rings is 2. The number of para-hydroxylation sites is 2. The van der Waals surface area contributed by atoms with E-state index >= 15 is 0 Å². The van der Waals surface area contributed by atoms with Crippen molar-refractivity contribution in [3.05, 3.63) is 94.9 Å². The molecule has 0 bridgehead atoms. The molecule has 0 radical (unpaired) electrons. The molecule has 138 valence electrons. The number of furan rings is 1. The zero-order valence-electron chi connectivity index (χ0n) is 14.5. The number of anilines is 1. The third-order valence-electron chi connectivity index (χ3n) is 4.11. The van der Waals surface area contributed by atoms with Gasteiger partial charge in [0.2, 0.25) is 0 Å². The molecule has 0 aliphatic carbocycles. The van der Waals surface area contributed by atoms with Gasteiger partial charge in [0.1, 0.15) is 11.4 Å². The van der Waals surface area contributed by atoms with E-state index in [2.05, 4.69) is 10.4 Å². The van der Waals surface area contributed by atoms with Crippen LogP contribution < -0.4 is 5.32 Å². The van der Waals surface area contributed by atoms with Crippen molar-refractivity contribution in [1.29, 1.82) is 0 Å². The van der Waals surface area contributed by atoms with Crippen molar-refractivity contribution in [2.75, 3.05) is 5.32 Å². The monoisotopic (exact) mass is 374 g/mol. The molecule has 2 aromatic carbocycles. The second-order valence-corrected chi connectivity index (χ2v) is 5.90. The summed E-state index contributed by atoms with van der Waals surface area (Å²) in [6.45, 7) is 0. The van der Waals surface area contributed by atoms with Gasteiger partial charge >= 0.3 is 0 Å². The molecular formula is C20H14N4O4. The SMILES string of the molecule is O=C(Nc1cc(-c2ccoc2)nn1-c1ccccc1)c1ccccc1[N+](=O)[O-]. The maximum Gasteiger partial charge on any atom is 0.282 e. The van der Waals surface area contributed by atoms with Gasteiger partial charge in [-0.2, -0.15) is 5.10 Å². The van der Waals surface area contributed by atoms with E-state index in [0.717, 1.165) is 11.3 Å². The van der Waals surface area contributed by atoms with Crippen molar-refractivity contribution in [1.82, 2.24) is 9.78 Å². The van der Waals surface area contributed by atoms with Gasteiger partial charge in [0.15, 0.2) is 0 Å². The van der Waals surface area contributed by atoms with Crippen molar-refractivity contribution >= 4 is 17.4 Å². The molecule has 8 nitrogen and oxygen atoms in total. The fourth-order valence-corrected chi connectivity index (χ4v) is 2.80. The van der Waals surface area contributed by atoms with Crippen molar-refractivity contribution in [3.8, 4) is 16.9 Å². The molecule has 0 aliphatic rings. The number of nitrogens with one attached hydrogen (secondary N) is 1. The van der Waals surface area contributed by atoms with Gasteiger partial charge in [-0.1, -0.05) is 30.3 Å². The average molecular weight is 374 g/mol. The first-order valence-corrected chi connectivity index (χ1v) is 8.36. The van der Waals surface area contributed by atoms with Crippen molar-refractivity contribution < 1.29 is 14.1 Å². The number of hydrogen-bond donors (Lipinski definition) is 1. The predicted octanol–water partition coefficient (Wildman–Crippen LogP) is 4.29. The summed E-state index contributed by atoms with van der Waals surface area (Å²) in [6, 6.07) is 18.5. The maximum atomic E-state index is 12.7. The molecule has 0 fully saturated rings. The molecule has 2 heterocycles. The van der Waals surface area contributed by atoms with Crippen LogP contribution in [0, 0.1) is 10.1 Å². The van der Waals surface area contributed by atoms with Gasteiger partial charge in [-0.3, -0.25) is 14.9 Å². The van der Waals surface area contributed by atoms with Crippen LogP contribution in [0.2, 0.25) is 0 Å². The van der Waals surface area contributed by atoms with Gasteiger partial charge in [-0.05, 0) is 24.3 Å². The fourth-order valence-electron chi connectivity index (χ4n) is 2.80. The second kappa shape index (κ2) is 7.20. The first-order chi connectivity index (χ1) is 13.6. The number of rotatable bonds is 5. The zero-order valence-corrected chi connectivity index (χ0v) is 14.5. The molecule has 8 heteroatoms. The van der Waals surface area contributed by atoms with Crippen LogP contribution in [-0.2, 0) is 0 Å². The van der Waals surface area contributed by atoms with E-state index in [1.807, 2.05) is 30.3 Å². The lowest BCUT2D eigenvalue weighted by molar-refractivity contribution is -0.385. The van der Waals surface area contributed by atoms with Crippen LogP contribution in [0.4, 0.5) is 11.5 Å². The first kappa shape index (κ1) is 17.2. The molecule has 0 atom stereocenters. The summed E-state index contributed by atoms with van der Waals surface area (Å²) in [4.78, 5) is 23.4. The third kappa shape index (κ3) is 3.26. The summed E-state index contributed by atoms with van der Waals surface area (Å²) in [5.41, 5.74) is 1.78. The summed E-state index contributed by atoms with van der Waals surface area (Å²) in [6.07, 6.45) is 3.08. The summed E-state index contributed by atoms with van der Waals surface area (Å²) >= 11 is 0. The highest BCUT2D eigenvalue weighted by atomic mass is 16.6. The number of amides is 1. The molecule has 0 spiro atoms. The maximum absolute atomic E-state index is 12.7. The smallest absolute Gasteiger partial charge is 0.282 e.